The summed E-state index contributed by atoms with van der Waals surface area (Å²) >= 11 is 0. The van der Waals surface area contributed by atoms with Crippen LogP contribution in [0.4, 0.5) is 0 Å². The number of hydrogen-bond acceptors (Lipinski definition) is 3. The van der Waals surface area contributed by atoms with E-state index < -0.39 is 15.6 Å². The number of phenols is 1. The van der Waals surface area contributed by atoms with E-state index in [9.17, 15) is 5.11 Å². The third kappa shape index (κ3) is 5.57. The van der Waals surface area contributed by atoms with Crippen molar-refractivity contribution in [2.45, 2.75) is 103 Å². The van der Waals surface area contributed by atoms with Crippen LogP contribution in [0, 0.1) is 0 Å². The lowest BCUT2D eigenvalue weighted by molar-refractivity contribution is 0.313. The van der Waals surface area contributed by atoms with Gasteiger partial charge in [0.15, 0.2) is 14.1 Å². The third-order valence-corrected chi connectivity index (χ3v) is 15.8. The lowest BCUT2D eigenvalue weighted by atomic mass is 10.2. The van der Waals surface area contributed by atoms with E-state index in [1.54, 1.807) is 6.07 Å². The fourth-order valence-electron chi connectivity index (χ4n) is 5.77. The van der Waals surface area contributed by atoms with Gasteiger partial charge in [0.05, 0.1) is 29.3 Å². The van der Waals surface area contributed by atoms with E-state index >= 15 is 0 Å². The zero-order chi connectivity index (χ0) is 22.9. The average Bonchev–Trinajstić information content (AvgIpc) is 2.49. The fraction of sp³-hybridized carbons (Fsp3) is 0.750. The molecule has 0 unspecified atom stereocenters. The first-order chi connectivity index (χ1) is 12.9. The van der Waals surface area contributed by atoms with Crippen LogP contribution in [-0.2, 0) is 4.43 Å². The van der Waals surface area contributed by atoms with Gasteiger partial charge in [-0.15, -0.1) is 0 Å². The summed E-state index contributed by atoms with van der Waals surface area (Å²) in [7, 11) is -1.61. The van der Waals surface area contributed by atoms with Gasteiger partial charge in [-0.05, 0) is 100 Å². The number of benzene rings is 1. The highest BCUT2D eigenvalue weighted by atomic mass is 31.2. The number of hydrogen-bond donors (Lipinski definition) is 1. The molecule has 1 N–H and O–H groups in total. The molecular formula is C24H46O3PSi+. The minimum absolute atomic E-state index is 0.0559. The van der Waals surface area contributed by atoms with Gasteiger partial charge in [0.2, 0.25) is 0 Å². The second-order valence-corrected chi connectivity index (χ2v) is 22.0. The smallest absolute Gasteiger partial charge is 0.186 e. The van der Waals surface area contributed by atoms with Crippen molar-refractivity contribution in [3.8, 4) is 11.5 Å². The van der Waals surface area contributed by atoms with E-state index in [1.807, 2.05) is 19.2 Å². The molecular weight excluding hydrogens is 395 g/mol. The van der Waals surface area contributed by atoms with Gasteiger partial charge in [0.25, 0.3) is 0 Å². The zero-order valence-electron chi connectivity index (χ0n) is 21.1. The molecule has 29 heavy (non-hydrogen) atoms. The number of rotatable bonds is 7. The lowest BCUT2D eigenvalue weighted by Gasteiger charge is -2.54. The van der Waals surface area contributed by atoms with Crippen LogP contribution in [0.1, 0.15) is 68.7 Å². The predicted octanol–water partition coefficient (Wildman–Crippen LogP) is 7.05. The molecule has 3 nitrogen and oxygen atoms in total. The lowest BCUT2D eigenvalue weighted by Crippen LogP contribution is -2.49. The molecule has 1 aromatic carbocycles. The Hall–Kier alpha value is -0.573. The van der Waals surface area contributed by atoms with Gasteiger partial charge in [-0.1, -0.05) is 0 Å². The summed E-state index contributed by atoms with van der Waals surface area (Å²) in [6.45, 7) is 26.4. The Morgan fingerprint density at radius 2 is 1.38 bits per heavy atom. The third-order valence-electron chi connectivity index (χ3n) is 6.06. The van der Waals surface area contributed by atoms with Crippen molar-refractivity contribution in [1.82, 2.24) is 0 Å². The van der Waals surface area contributed by atoms with Crippen molar-refractivity contribution in [3.63, 3.8) is 0 Å². The Kier molecular flexibility index (Phi) is 8.11. The maximum Gasteiger partial charge on any atom is 0.186 e. The topological polar surface area (TPSA) is 38.7 Å². The first-order valence-corrected chi connectivity index (χ1v) is 15.7. The molecule has 0 saturated carbocycles. The van der Waals surface area contributed by atoms with Gasteiger partial charge in [-0.2, -0.15) is 0 Å². The van der Waals surface area contributed by atoms with E-state index in [2.05, 4.69) is 75.4 Å². The van der Waals surface area contributed by atoms with Crippen LogP contribution in [0.2, 0.25) is 19.1 Å². The largest absolute Gasteiger partial charge is 0.508 e. The maximum atomic E-state index is 10.5. The molecule has 0 aromatic heterocycles. The summed E-state index contributed by atoms with van der Waals surface area (Å²) in [6, 6.07) is 6.80. The first kappa shape index (κ1) is 26.5. The molecule has 0 bridgehead atoms. The molecule has 1 aromatic rings. The minimum Gasteiger partial charge on any atom is -0.508 e. The van der Waals surface area contributed by atoms with Gasteiger partial charge in [0.1, 0.15) is 11.1 Å². The number of aromatic hydroxyl groups is 1. The van der Waals surface area contributed by atoms with Crippen molar-refractivity contribution in [3.05, 3.63) is 18.2 Å². The Morgan fingerprint density at radius 1 is 0.897 bits per heavy atom. The van der Waals surface area contributed by atoms with Crippen LogP contribution in [0.15, 0.2) is 18.2 Å². The molecule has 5 heteroatoms. The van der Waals surface area contributed by atoms with Gasteiger partial charge in [-0.3, -0.25) is 0 Å². The van der Waals surface area contributed by atoms with Crippen molar-refractivity contribution in [1.29, 1.82) is 0 Å². The van der Waals surface area contributed by atoms with E-state index in [-0.39, 0.29) is 15.5 Å². The van der Waals surface area contributed by atoms with Crippen molar-refractivity contribution >= 4 is 20.9 Å². The maximum absolute atomic E-state index is 10.5. The van der Waals surface area contributed by atoms with E-state index in [4.69, 9.17) is 9.16 Å². The zero-order valence-corrected chi connectivity index (χ0v) is 23.0. The molecule has 0 amide bonds. The highest BCUT2D eigenvalue weighted by molar-refractivity contribution is 7.87. The molecule has 0 spiro atoms. The normalized spacial score (nSPS) is 14.2. The molecule has 0 aliphatic heterocycles. The Labute approximate surface area is 182 Å². The number of phenolic OH excluding ortho intramolecular Hbond substituents is 1. The summed E-state index contributed by atoms with van der Waals surface area (Å²) in [4.78, 5) is 0. The van der Waals surface area contributed by atoms with Crippen LogP contribution in [0.25, 0.3) is 0 Å². The van der Waals surface area contributed by atoms with Crippen molar-refractivity contribution in [2.24, 2.45) is 0 Å². The van der Waals surface area contributed by atoms with Crippen molar-refractivity contribution in [2.75, 3.05) is 13.7 Å². The Morgan fingerprint density at radius 3 is 1.79 bits per heavy atom. The first-order valence-electron chi connectivity index (χ1n) is 10.8. The van der Waals surface area contributed by atoms with Gasteiger partial charge in [-0.25, -0.2) is 0 Å². The number of ether oxygens (including phenoxy) is 1. The monoisotopic (exact) mass is 441 g/mol. The van der Waals surface area contributed by atoms with Gasteiger partial charge >= 0.3 is 0 Å². The van der Waals surface area contributed by atoms with Crippen LogP contribution >= 0.6 is 7.26 Å². The van der Waals surface area contributed by atoms with E-state index in [0.717, 1.165) is 18.2 Å². The quantitative estimate of drug-likeness (QED) is 0.280. The second kappa shape index (κ2) is 8.89. The molecule has 0 fully saturated rings. The summed E-state index contributed by atoms with van der Waals surface area (Å²) in [5, 5.41) is 11.8. The molecule has 0 saturated heterocycles. The molecule has 168 valence electrons. The molecule has 0 heterocycles. The SMILES string of the molecule is CO[Si](C)(C)CCCOc1ccc(O)cc1[P+](C(C)(C)C)(C(C)(C)C)C(C)(C)C. The van der Waals surface area contributed by atoms with Crippen molar-refractivity contribution < 1.29 is 14.3 Å². The molecule has 0 aliphatic rings. The molecule has 0 aliphatic carbocycles. The average molecular weight is 442 g/mol. The molecule has 0 radical (unpaired) electrons. The summed E-state index contributed by atoms with van der Waals surface area (Å²) in [5.41, 5.74) is 0. The van der Waals surface area contributed by atoms with Crippen LogP contribution in [-0.4, -0.2) is 42.6 Å². The highest BCUT2D eigenvalue weighted by Gasteiger charge is 2.67. The van der Waals surface area contributed by atoms with Gasteiger partial charge < -0.3 is 14.3 Å². The summed E-state index contributed by atoms with van der Waals surface area (Å²) < 4.78 is 12.1. The minimum atomic E-state index is -1.85. The predicted molar refractivity (Wildman–Crippen MR) is 133 cm³/mol. The van der Waals surface area contributed by atoms with Crippen LogP contribution < -0.4 is 10.0 Å². The molecule has 0 atom stereocenters. The highest BCUT2D eigenvalue weighted by Crippen LogP contribution is 2.83. The van der Waals surface area contributed by atoms with E-state index in [1.165, 1.54) is 5.30 Å². The van der Waals surface area contributed by atoms with Gasteiger partial charge in [0, 0.05) is 13.2 Å². The Balaban J connectivity index is 3.50. The fourth-order valence-corrected chi connectivity index (χ4v) is 16.0. The van der Waals surface area contributed by atoms with E-state index in [0.29, 0.717) is 12.4 Å². The Bertz CT molecular complexity index is 643. The summed E-state index contributed by atoms with van der Waals surface area (Å²) in [6.07, 6.45) is 0.985. The van der Waals surface area contributed by atoms with Crippen LogP contribution in [0.5, 0.6) is 11.5 Å². The standard InChI is InChI=1S/C24H45O3PSi/c1-22(2,3)28(23(4,5)6,24(7,8)9)21-18-19(25)14-15-20(21)27-16-13-17-29(11,12)26-10/h14-15,18H,13,16-17H2,1-12H3/p+1. The second-order valence-electron chi connectivity index (χ2n) is 11.8. The van der Waals surface area contributed by atoms with Crippen LogP contribution in [0.3, 0.4) is 0 Å². The summed E-state index contributed by atoms with van der Waals surface area (Å²) in [5.74, 6) is 1.26. The molecule has 1 rings (SSSR count).